The van der Waals surface area contributed by atoms with Crippen LogP contribution in [0.4, 0.5) is 15.8 Å². The molecule has 1 amide bonds. The topological polar surface area (TPSA) is 102 Å². The Labute approximate surface area is 173 Å². The van der Waals surface area contributed by atoms with Gasteiger partial charge < -0.3 is 21.1 Å². The van der Waals surface area contributed by atoms with Crippen molar-refractivity contribution in [2.24, 2.45) is 5.73 Å². The average molecular weight is 409 g/mol. The molecule has 156 valence electrons. The van der Waals surface area contributed by atoms with Crippen LogP contribution in [0.5, 0.6) is 5.75 Å². The molecule has 1 saturated heterocycles. The Morgan fingerprint density at radius 1 is 1.23 bits per heavy atom. The molecule has 1 aromatic heterocycles. The third-order valence-electron chi connectivity index (χ3n) is 5.51. The van der Waals surface area contributed by atoms with E-state index in [2.05, 4.69) is 20.8 Å². The summed E-state index contributed by atoms with van der Waals surface area (Å²) in [5, 5.41) is 15.2. The van der Waals surface area contributed by atoms with Crippen molar-refractivity contribution in [1.82, 2.24) is 15.5 Å². The summed E-state index contributed by atoms with van der Waals surface area (Å²) >= 11 is 0. The number of ether oxygens (including phenoxy) is 1. The van der Waals surface area contributed by atoms with E-state index < -0.39 is 11.7 Å². The third kappa shape index (κ3) is 3.78. The minimum absolute atomic E-state index is 0.0381. The number of fused-ring (bicyclic) bond motifs is 1. The van der Waals surface area contributed by atoms with E-state index >= 15 is 0 Å². The molecule has 3 aromatic rings. The van der Waals surface area contributed by atoms with E-state index in [0.717, 1.165) is 42.8 Å². The summed E-state index contributed by atoms with van der Waals surface area (Å²) in [4.78, 5) is 12.1. The Morgan fingerprint density at radius 3 is 2.67 bits per heavy atom. The van der Waals surface area contributed by atoms with E-state index in [1.807, 2.05) is 13.0 Å². The Morgan fingerprint density at radius 2 is 2.00 bits per heavy atom. The van der Waals surface area contributed by atoms with Gasteiger partial charge >= 0.3 is 0 Å². The number of methoxy groups -OCH3 is 1. The highest BCUT2D eigenvalue weighted by Gasteiger charge is 2.23. The summed E-state index contributed by atoms with van der Waals surface area (Å²) in [6, 6.07) is 8.60. The number of rotatable bonds is 5. The summed E-state index contributed by atoms with van der Waals surface area (Å²) in [5.74, 6) is -0.135. The van der Waals surface area contributed by atoms with Crippen LogP contribution >= 0.6 is 0 Å². The van der Waals surface area contributed by atoms with E-state index in [1.54, 1.807) is 25.3 Å². The number of halogens is 1. The third-order valence-corrected chi connectivity index (χ3v) is 5.51. The van der Waals surface area contributed by atoms with Gasteiger partial charge in [-0.1, -0.05) is 6.07 Å². The molecular formula is C22H24FN5O2. The standard InChI is InChI=1S/C22H24FN5O2/c1-12-3-4-17(16(23)9-12)26-20-15-10-14(13-5-7-25-8-6-13)19(30-2)11-18(15)27-28-21(20)22(24)29/h3-4,9-11,13,25H,5-8H2,1-2H3,(H2,24,29)(H,26,27). The molecule has 0 atom stereocenters. The van der Waals surface area contributed by atoms with Gasteiger partial charge in [-0.3, -0.25) is 4.79 Å². The molecular weight excluding hydrogens is 385 g/mol. The molecule has 1 fully saturated rings. The van der Waals surface area contributed by atoms with Crippen molar-refractivity contribution in [3.05, 3.63) is 53.0 Å². The van der Waals surface area contributed by atoms with Crippen molar-refractivity contribution in [3.63, 3.8) is 0 Å². The van der Waals surface area contributed by atoms with Gasteiger partial charge in [0, 0.05) is 11.5 Å². The lowest BCUT2D eigenvalue weighted by Crippen LogP contribution is -2.26. The molecule has 0 aliphatic carbocycles. The van der Waals surface area contributed by atoms with Crippen molar-refractivity contribution < 1.29 is 13.9 Å². The number of aromatic nitrogens is 2. The van der Waals surface area contributed by atoms with Crippen LogP contribution in [0.1, 0.15) is 40.4 Å². The number of carbonyl (C=O) groups excluding carboxylic acids is 1. The number of benzene rings is 2. The van der Waals surface area contributed by atoms with Gasteiger partial charge in [0.25, 0.3) is 5.91 Å². The number of nitrogens with zero attached hydrogens (tertiary/aromatic N) is 2. The number of aryl methyl sites for hydroxylation is 1. The Bertz CT molecular complexity index is 1110. The maximum Gasteiger partial charge on any atom is 0.271 e. The van der Waals surface area contributed by atoms with E-state index in [9.17, 15) is 9.18 Å². The normalized spacial score (nSPS) is 14.6. The number of hydrogen-bond acceptors (Lipinski definition) is 6. The second-order valence-electron chi connectivity index (χ2n) is 7.53. The van der Waals surface area contributed by atoms with Gasteiger partial charge in [-0.15, -0.1) is 10.2 Å². The molecule has 7 nitrogen and oxygen atoms in total. The molecule has 0 bridgehead atoms. The minimum atomic E-state index is -0.737. The summed E-state index contributed by atoms with van der Waals surface area (Å²) in [7, 11) is 1.62. The van der Waals surface area contributed by atoms with Crippen LogP contribution in [0.2, 0.25) is 0 Å². The van der Waals surface area contributed by atoms with Gasteiger partial charge in [-0.2, -0.15) is 0 Å². The first-order valence-corrected chi connectivity index (χ1v) is 9.90. The van der Waals surface area contributed by atoms with Crippen molar-refractivity contribution in [3.8, 4) is 5.75 Å². The molecule has 0 radical (unpaired) electrons. The quantitative estimate of drug-likeness (QED) is 0.597. The molecule has 2 aromatic carbocycles. The molecule has 0 saturated carbocycles. The fourth-order valence-corrected chi connectivity index (χ4v) is 3.93. The lowest BCUT2D eigenvalue weighted by Gasteiger charge is -2.25. The van der Waals surface area contributed by atoms with Crippen molar-refractivity contribution in [2.45, 2.75) is 25.7 Å². The number of nitrogens with two attached hydrogens (primary N) is 1. The van der Waals surface area contributed by atoms with Gasteiger partial charge in [0.1, 0.15) is 11.6 Å². The molecule has 0 unspecified atom stereocenters. The van der Waals surface area contributed by atoms with Crippen molar-refractivity contribution in [2.75, 3.05) is 25.5 Å². The van der Waals surface area contributed by atoms with Gasteiger partial charge in [-0.25, -0.2) is 4.39 Å². The van der Waals surface area contributed by atoms with Crippen LogP contribution in [0.3, 0.4) is 0 Å². The monoisotopic (exact) mass is 409 g/mol. The molecule has 2 heterocycles. The highest BCUT2D eigenvalue weighted by Crippen LogP contribution is 2.38. The molecule has 8 heteroatoms. The first-order valence-electron chi connectivity index (χ1n) is 9.90. The van der Waals surface area contributed by atoms with Crippen LogP contribution in [0.15, 0.2) is 30.3 Å². The summed E-state index contributed by atoms with van der Waals surface area (Å²) in [5.41, 5.74) is 8.44. The first-order chi connectivity index (χ1) is 14.5. The second kappa shape index (κ2) is 8.23. The number of piperidine rings is 1. The van der Waals surface area contributed by atoms with E-state index in [0.29, 0.717) is 22.5 Å². The lowest BCUT2D eigenvalue weighted by atomic mass is 9.88. The predicted octanol–water partition coefficient (Wildman–Crippen LogP) is 3.40. The maximum atomic E-state index is 14.5. The number of primary amides is 1. The van der Waals surface area contributed by atoms with Crippen LogP contribution < -0.4 is 21.1 Å². The average Bonchev–Trinajstić information content (AvgIpc) is 2.75. The van der Waals surface area contributed by atoms with E-state index in [4.69, 9.17) is 10.5 Å². The van der Waals surface area contributed by atoms with Crippen molar-refractivity contribution >= 4 is 28.2 Å². The summed E-state index contributed by atoms with van der Waals surface area (Å²) in [6.07, 6.45) is 1.94. The van der Waals surface area contributed by atoms with Gasteiger partial charge in [0.05, 0.1) is 24.0 Å². The number of anilines is 2. The van der Waals surface area contributed by atoms with Crippen LogP contribution in [-0.2, 0) is 0 Å². The number of hydrogen-bond donors (Lipinski definition) is 3. The highest BCUT2D eigenvalue weighted by molar-refractivity contribution is 6.06. The maximum absolute atomic E-state index is 14.5. The number of amides is 1. The molecule has 4 rings (SSSR count). The zero-order valence-corrected chi connectivity index (χ0v) is 17.0. The zero-order valence-electron chi connectivity index (χ0n) is 17.0. The summed E-state index contributed by atoms with van der Waals surface area (Å²) in [6.45, 7) is 3.65. The van der Waals surface area contributed by atoms with Crippen LogP contribution in [0, 0.1) is 12.7 Å². The SMILES string of the molecule is COc1cc2nnc(C(N)=O)c(Nc3ccc(C)cc3F)c2cc1C1CCNCC1. The van der Waals surface area contributed by atoms with Crippen molar-refractivity contribution in [1.29, 1.82) is 0 Å². The lowest BCUT2D eigenvalue weighted by molar-refractivity contribution is 0.0995. The fourth-order valence-electron chi connectivity index (χ4n) is 3.93. The fraction of sp³-hybridized carbons (Fsp3) is 0.318. The van der Waals surface area contributed by atoms with Gasteiger partial charge in [0.2, 0.25) is 0 Å². The van der Waals surface area contributed by atoms with Gasteiger partial charge in [0.15, 0.2) is 5.69 Å². The Kier molecular flexibility index (Phi) is 5.50. The molecule has 1 aliphatic rings. The minimum Gasteiger partial charge on any atom is -0.496 e. The molecule has 4 N–H and O–H groups in total. The largest absolute Gasteiger partial charge is 0.496 e. The van der Waals surface area contributed by atoms with E-state index in [-0.39, 0.29) is 11.4 Å². The molecule has 30 heavy (non-hydrogen) atoms. The van der Waals surface area contributed by atoms with Gasteiger partial charge in [-0.05, 0) is 68.1 Å². The number of nitrogens with one attached hydrogen (secondary N) is 2. The Hall–Kier alpha value is -3.26. The number of carbonyl (C=O) groups is 1. The van der Waals surface area contributed by atoms with E-state index in [1.165, 1.54) is 6.07 Å². The van der Waals surface area contributed by atoms with Crippen LogP contribution in [-0.4, -0.2) is 36.3 Å². The Balaban J connectivity index is 1.90. The zero-order chi connectivity index (χ0) is 21.3. The first kappa shape index (κ1) is 20.0. The predicted molar refractivity (Wildman–Crippen MR) is 114 cm³/mol. The smallest absolute Gasteiger partial charge is 0.271 e. The summed E-state index contributed by atoms with van der Waals surface area (Å²) < 4.78 is 20.1. The van der Waals surface area contributed by atoms with Crippen LogP contribution in [0.25, 0.3) is 10.9 Å². The molecule has 1 aliphatic heterocycles. The molecule has 0 spiro atoms. The second-order valence-corrected chi connectivity index (χ2v) is 7.53. The highest BCUT2D eigenvalue weighted by atomic mass is 19.1.